The average molecular weight is 294 g/mol. The lowest BCUT2D eigenvalue weighted by Crippen LogP contribution is -2.27. The van der Waals surface area contributed by atoms with Crippen LogP contribution in [0.1, 0.15) is 15.9 Å². The molecule has 0 spiro atoms. The van der Waals surface area contributed by atoms with E-state index < -0.39 is 11.7 Å². The molecule has 0 aliphatic rings. The summed E-state index contributed by atoms with van der Waals surface area (Å²) in [5.74, 6) is -1.53. The van der Waals surface area contributed by atoms with E-state index in [-0.39, 0.29) is 11.4 Å². The van der Waals surface area contributed by atoms with Gasteiger partial charge in [-0.1, -0.05) is 23.7 Å². The molecule has 2 rings (SSSR count). The lowest BCUT2D eigenvalue weighted by molar-refractivity contribution is 0.0780. The van der Waals surface area contributed by atoms with Crippen LogP contribution in [0.4, 0.5) is 10.2 Å². The van der Waals surface area contributed by atoms with E-state index in [0.29, 0.717) is 11.6 Å². The van der Waals surface area contributed by atoms with Crippen LogP contribution in [-0.2, 0) is 6.54 Å². The van der Waals surface area contributed by atoms with Crippen LogP contribution in [0.5, 0.6) is 0 Å². The van der Waals surface area contributed by atoms with Crippen LogP contribution in [0.2, 0.25) is 5.02 Å². The van der Waals surface area contributed by atoms with Crippen LogP contribution in [-0.4, -0.2) is 22.8 Å². The van der Waals surface area contributed by atoms with Gasteiger partial charge >= 0.3 is 0 Å². The molecule has 0 unspecified atom stereocenters. The molecule has 0 fully saturated rings. The number of benzene rings is 1. The summed E-state index contributed by atoms with van der Waals surface area (Å²) in [5.41, 5.74) is 6.16. The van der Waals surface area contributed by atoms with Crippen LogP contribution in [0.25, 0.3) is 0 Å². The number of carbonyl (C=O) groups excluding carboxylic acids is 1. The second-order valence-electron chi connectivity index (χ2n) is 4.35. The van der Waals surface area contributed by atoms with Crippen molar-refractivity contribution in [3.63, 3.8) is 0 Å². The first-order chi connectivity index (χ1) is 9.49. The number of halogens is 2. The highest BCUT2D eigenvalue weighted by atomic mass is 35.5. The van der Waals surface area contributed by atoms with E-state index in [1.54, 1.807) is 19.2 Å². The van der Waals surface area contributed by atoms with Gasteiger partial charge < -0.3 is 10.6 Å². The van der Waals surface area contributed by atoms with Crippen molar-refractivity contribution in [2.45, 2.75) is 6.54 Å². The van der Waals surface area contributed by atoms with Gasteiger partial charge in [0.1, 0.15) is 0 Å². The molecule has 4 nitrogen and oxygen atoms in total. The highest BCUT2D eigenvalue weighted by Crippen LogP contribution is 2.16. The highest BCUT2D eigenvalue weighted by molar-refractivity contribution is 6.30. The first-order valence-corrected chi connectivity index (χ1v) is 6.26. The Bertz CT molecular complexity index is 631. The molecular formula is C14H13ClFN3O. The maximum atomic E-state index is 13.8. The normalized spacial score (nSPS) is 10.3. The van der Waals surface area contributed by atoms with Gasteiger partial charge in [-0.25, -0.2) is 9.37 Å². The lowest BCUT2D eigenvalue weighted by Gasteiger charge is -2.18. The summed E-state index contributed by atoms with van der Waals surface area (Å²) in [6, 6.07) is 8.40. The van der Waals surface area contributed by atoms with Gasteiger partial charge in [-0.3, -0.25) is 4.79 Å². The molecule has 0 saturated heterocycles. The summed E-state index contributed by atoms with van der Waals surface area (Å²) in [6.45, 7) is 0.345. The standard InChI is InChI=1S/C14H13ClFN3O/c1-19(8-9-2-4-10(15)5-3-9)14(20)11-6-7-18-13(17)12(11)16/h2-7H,8H2,1H3,(H2,17,18). The minimum Gasteiger partial charge on any atom is -0.381 e. The zero-order chi connectivity index (χ0) is 14.7. The van der Waals surface area contributed by atoms with E-state index in [1.165, 1.54) is 17.2 Å². The largest absolute Gasteiger partial charge is 0.381 e. The summed E-state index contributed by atoms with van der Waals surface area (Å²) < 4.78 is 13.8. The fourth-order valence-corrected chi connectivity index (χ4v) is 1.89. The Morgan fingerprint density at radius 1 is 1.35 bits per heavy atom. The van der Waals surface area contributed by atoms with Crippen LogP contribution in [0, 0.1) is 5.82 Å². The number of hydrogen-bond donors (Lipinski definition) is 1. The van der Waals surface area contributed by atoms with Crippen molar-refractivity contribution < 1.29 is 9.18 Å². The van der Waals surface area contributed by atoms with E-state index in [0.717, 1.165) is 5.56 Å². The van der Waals surface area contributed by atoms with Crippen molar-refractivity contribution in [1.82, 2.24) is 9.88 Å². The number of nitrogens with two attached hydrogens (primary N) is 1. The number of pyridine rings is 1. The number of nitrogen functional groups attached to an aromatic ring is 1. The number of amides is 1. The van der Waals surface area contributed by atoms with Crippen molar-refractivity contribution in [3.8, 4) is 0 Å². The Hall–Kier alpha value is -2.14. The first-order valence-electron chi connectivity index (χ1n) is 5.89. The maximum absolute atomic E-state index is 13.8. The van der Waals surface area contributed by atoms with Gasteiger partial charge in [0.25, 0.3) is 5.91 Å². The van der Waals surface area contributed by atoms with Crippen molar-refractivity contribution in [2.24, 2.45) is 0 Å². The molecule has 1 aromatic heterocycles. The third kappa shape index (κ3) is 3.05. The Morgan fingerprint density at radius 3 is 2.65 bits per heavy atom. The smallest absolute Gasteiger partial charge is 0.257 e. The summed E-state index contributed by atoms with van der Waals surface area (Å²) in [4.78, 5) is 17.2. The van der Waals surface area contributed by atoms with E-state index in [9.17, 15) is 9.18 Å². The summed E-state index contributed by atoms with van der Waals surface area (Å²) in [6.07, 6.45) is 1.31. The van der Waals surface area contributed by atoms with Gasteiger partial charge in [-0.05, 0) is 23.8 Å². The Balaban J connectivity index is 2.16. The van der Waals surface area contributed by atoms with E-state index in [2.05, 4.69) is 4.98 Å². The fourth-order valence-electron chi connectivity index (χ4n) is 1.77. The van der Waals surface area contributed by atoms with Crippen LogP contribution in [0.15, 0.2) is 36.5 Å². The van der Waals surface area contributed by atoms with Crippen LogP contribution < -0.4 is 5.73 Å². The van der Waals surface area contributed by atoms with Gasteiger partial charge in [0.15, 0.2) is 11.6 Å². The third-order valence-electron chi connectivity index (χ3n) is 2.83. The molecule has 0 saturated carbocycles. The quantitative estimate of drug-likeness (QED) is 0.946. The van der Waals surface area contributed by atoms with Gasteiger partial charge in [0, 0.05) is 24.8 Å². The molecular weight excluding hydrogens is 281 g/mol. The summed E-state index contributed by atoms with van der Waals surface area (Å²) in [7, 11) is 1.59. The molecule has 2 N–H and O–H groups in total. The monoisotopic (exact) mass is 293 g/mol. The minimum atomic E-state index is -0.791. The maximum Gasteiger partial charge on any atom is 0.257 e. The Morgan fingerprint density at radius 2 is 2.00 bits per heavy atom. The summed E-state index contributed by atoms with van der Waals surface area (Å²) >= 11 is 5.79. The first kappa shape index (κ1) is 14.3. The van der Waals surface area contributed by atoms with Crippen molar-refractivity contribution in [2.75, 3.05) is 12.8 Å². The zero-order valence-corrected chi connectivity index (χ0v) is 11.6. The number of aromatic nitrogens is 1. The van der Waals surface area contributed by atoms with Gasteiger partial charge in [-0.15, -0.1) is 0 Å². The molecule has 0 radical (unpaired) electrons. The third-order valence-corrected chi connectivity index (χ3v) is 3.08. The molecule has 1 aromatic carbocycles. The van der Waals surface area contributed by atoms with E-state index in [4.69, 9.17) is 17.3 Å². The fraction of sp³-hybridized carbons (Fsp3) is 0.143. The molecule has 0 atom stereocenters. The second kappa shape index (κ2) is 5.88. The SMILES string of the molecule is CN(Cc1ccc(Cl)cc1)C(=O)c1ccnc(N)c1F. The Kier molecular flexibility index (Phi) is 4.20. The molecule has 0 aliphatic heterocycles. The van der Waals surface area contributed by atoms with Crippen LogP contribution in [0.3, 0.4) is 0 Å². The molecule has 20 heavy (non-hydrogen) atoms. The number of rotatable bonds is 3. The minimum absolute atomic E-state index is 0.0889. The van der Waals surface area contributed by atoms with Crippen molar-refractivity contribution in [1.29, 1.82) is 0 Å². The van der Waals surface area contributed by atoms with Crippen molar-refractivity contribution in [3.05, 3.63) is 58.5 Å². The number of anilines is 1. The molecule has 104 valence electrons. The average Bonchev–Trinajstić information content (AvgIpc) is 2.43. The molecule has 6 heteroatoms. The molecule has 1 amide bonds. The number of nitrogens with zero attached hydrogens (tertiary/aromatic N) is 2. The summed E-state index contributed by atoms with van der Waals surface area (Å²) in [5, 5.41) is 0.621. The van der Waals surface area contributed by atoms with E-state index in [1.807, 2.05) is 12.1 Å². The molecule has 0 bridgehead atoms. The molecule has 0 aliphatic carbocycles. The molecule has 2 aromatic rings. The van der Waals surface area contributed by atoms with Crippen LogP contribution >= 0.6 is 11.6 Å². The van der Waals surface area contributed by atoms with Gasteiger partial charge in [0.2, 0.25) is 0 Å². The highest BCUT2D eigenvalue weighted by Gasteiger charge is 2.18. The number of hydrogen-bond acceptors (Lipinski definition) is 3. The van der Waals surface area contributed by atoms with Crippen molar-refractivity contribution >= 4 is 23.3 Å². The Labute approximate surface area is 121 Å². The lowest BCUT2D eigenvalue weighted by atomic mass is 10.2. The zero-order valence-electron chi connectivity index (χ0n) is 10.8. The van der Waals surface area contributed by atoms with Gasteiger partial charge in [0.05, 0.1) is 5.56 Å². The van der Waals surface area contributed by atoms with Gasteiger partial charge in [-0.2, -0.15) is 0 Å². The number of carbonyl (C=O) groups is 1. The second-order valence-corrected chi connectivity index (χ2v) is 4.78. The predicted molar refractivity (Wildman–Crippen MR) is 75.9 cm³/mol. The molecule has 1 heterocycles. The van der Waals surface area contributed by atoms with E-state index >= 15 is 0 Å². The predicted octanol–water partition coefficient (Wildman–Crippen LogP) is 2.73. The topological polar surface area (TPSA) is 59.2 Å².